The lowest BCUT2D eigenvalue weighted by Crippen LogP contribution is -2.04. The van der Waals surface area contributed by atoms with Gasteiger partial charge < -0.3 is 10.5 Å². The second-order valence-electron chi connectivity index (χ2n) is 4.05. The van der Waals surface area contributed by atoms with Gasteiger partial charge in [0.25, 0.3) is 0 Å². The number of phenols is 1. The number of hydrogen-bond donors (Lipinski definition) is 2. The number of aromatic hydroxyl groups is 1. The molecule has 0 amide bonds. The van der Waals surface area contributed by atoms with E-state index in [-0.39, 0.29) is 5.75 Å². The van der Waals surface area contributed by atoms with E-state index in [1.54, 1.807) is 24.3 Å². The van der Waals surface area contributed by atoms with Gasteiger partial charge in [0.15, 0.2) is 0 Å². The monoisotopic (exact) mass is 401 g/mol. The Morgan fingerprint density at radius 1 is 1.11 bits per heavy atom. The first-order valence-corrected chi connectivity index (χ1v) is 7.44. The summed E-state index contributed by atoms with van der Waals surface area (Å²) in [5.41, 5.74) is 1.69. The van der Waals surface area contributed by atoms with E-state index in [0.29, 0.717) is 22.7 Å². The van der Waals surface area contributed by atoms with Crippen LogP contribution < -0.4 is 0 Å². The van der Waals surface area contributed by atoms with Crippen LogP contribution in [0.4, 0.5) is 0 Å². The molecule has 0 radical (unpaired) electrons. The summed E-state index contributed by atoms with van der Waals surface area (Å²) in [7, 11) is 0. The average molecular weight is 404 g/mol. The lowest BCUT2D eigenvalue weighted by atomic mass is 10.0. The molecule has 0 aliphatic carbocycles. The van der Waals surface area contributed by atoms with E-state index < -0.39 is 0 Å². The van der Waals surface area contributed by atoms with Crippen LogP contribution in [0, 0.1) is 5.41 Å². The highest BCUT2D eigenvalue weighted by Crippen LogP contribution is 2.26. The van der Waals surface area contributed by atoms with Crippen molar-refractivity contribution in [3.05, 3.63) is 61.5 Å². The van der Waals surface area contributed by atoms with E-state index in [1.165, 1.54) is 0 Å². The van der Waals surface area contributed by atoms with E-state index in [2.05, 4.69) is 31.9 Å². The van der Waals surface area contributed by atoms with Crippen molar-refractivity contribution in [2.45, 2.75) is 6.42 Å². The zero-order valence-corrected chi connectivity index (χ0v) is 13.7. The smallest absolute Gasteiger partial charge is 0.125 e. The van der Waals surface area contributed by atoms with Crippen LogP contribution in [0.5, 0.6) is 5.75 Å². The molecule has 19 heavy (non-hydrogen) atoms. The third kappa shape index (κ3) is 3.59. The summed E-state index contributed by atoms with van der Waals surface area (Å²) >= 11 is 12.8. The first kappa shape index (κ1) is 14.6. The molecule has 0 fully saturated rings. The van der Waals surface area contributed by atoms with Gasteiger partial charge in [0.05, 0.1) is 0 Å². The van der Waals surface area contributed by atoms with Crippen molar-refractivity contribution < 1.29 is 5.11 Å². The maximum Gasteiger partial charge on any atom is 0.125 e. The van der Waals surface area contributed by atoms with Gasteiger partial charge in [-0.2, -0.15) is 0 Å². The molecule has 98 valence electrons. The Morgan fingerprint density at radius 3 is 2.42 bits per heavy atom. The predicted octanol–water partition coefficient (Wildman–Crippen LogP) is 5.18. The van der Waals surface area contributed by atoms with Crippen LogP contribution in [-0.4, -0.2) is 10.8 Å². The third-order valence-electron chi connectivity index (χ3n) is 2.66. The molecule has 0 spiro atoms. The summed E-state index contributed by atoms with van der Waals surface area (Å²) in [5.74, 6) is 0.0884. The van der Waals surface area contributed by atoms with Crippen LogP contribution in [0.2, 0.25) is 5.02 Å². The normalized spacial score (nSPS) is 10.5. The number of benzene rings is 2. The Morgan fingerprint density at radius 2 is 1.74 bits per heavy atom. The van der Waals surface area contributed by atoms with Crippen LogP contribution in [0.1, 0.15) is 11.1 Å². The summed E-state index contributed by atoms with van der Waals surface area (Å²) in [6, 6.07) is 10.6. The second-order valence-corrected chi connectivity index (χ2v) is 6.29. The molecule has 5 heteroatoms. The third-order valence-corrected chi connectivity index (χ3v) is 4.02. The molecule has 0 saturated carbocycles. The largest absolute Gasteiger partial charge is 0.507 e. The van der Waals surface area contributed by atoms with Crippen molar-refractivity contribution in [2.24, 2.45) is 0 Å². The van der Waals surface area contributed by atoms with Crippen LogP contribution in [0.3, 0.4) is 0 Å². The van der Waals surface area contributed by atoms with Crippen molar-refractivity contribution in [3.8, 4) is 5.75 Å². The molecule has 0 aliphatic rings. The molecule has 0 aliphatic heterocycles. The van der Waals surface area contributed by atoms with E-state index in [0.717, 1.165) is 14.5 Å². The second kappa shape index (κ2) is 6.07. The van der Waals surface area contributed by atoms with Crippen LogP contribution >= 0.6 is 43.5 Å². The van der Waals surface area contributed by atoms with Crippen LogP contribution in [-0.2, 0) is 6.42 Å². The van der Waals surface area contributed by atoms with Crippen molar-refractivity contribution in [1.82, 2.24) is 0 Å². The van der Waals surface area contributed by atoms with Gasteiger partial charge in [0.2, 0.25) is 0 Å². The highest BCUT2D eigenvalue weighted by Gasteiger charge is 2.11. The van der Waals surface area contributed by atoms with Gasteiger partial charge in [0, 0.05) is 31.7 Å². The summed E-state index contributed by atoms with van der Waals surface area (Å²) in [6.07, 6.45) is 0.369. The summed E-state index contributed by atoms with van der Waals surface area (Å²) in [4.78, 5) is 0. The van der Waals surface area contributed by atoms with Gasteiger partial charge in [-0.1, -0.05) is 43.5 Å². The molecule has 2 rings (SSSR count). The molecule has 0 saturated heterocycles. The maximum atomic E-state index is 9.85. The minimum Gasteiger partial charge on any atom is -0.507 e. The molecular weight excluding hydrogens is 393 g/mol. The molecule has 0 bridgehead atoms. The number of halogens is 3. The number of rotatable bonds is 3. The maximum absolute atomic E-state index is 9.85. The van der Waals surface area contributed by atoms with Crippen molar-refractivity contribution in [1.29, 1.82) is 5.41 Å². The average Bonchev–Trinajstić information content (AvgIpc) is 2.33. The summed E-state index contributed by atoms with van der Waals surface area (Å²) in [5, 5.41) is 18.6. The highest BCUT2D eigenvalue weighted by molar-refractivity contribution is 9.10. The van der Waals surface area contributed by atoms with Crippen LogP contribution in [0.15, 0.2) is 45.3 Å². The molecule has 0 heterocycles. The number of phenolic OH excluding ortho intramolecular Hbond substituents is 1. The van der Waals surface area contributed by atoms with Gasteiger partial charge in [-0.3, -0.25) is 0 Å². The first-order valence-electron chi connectivity index (χ1n) is 5.47. The topological polar surface area (TPSA) is 44.1 Å². The Labute approximate surface area is 133 Å². The molecule has 2 aromatic rings. The minimum absolute atomic E-state index is 0.0884. The molecule has 0 atom stereocenters. The fourth-order valence-corrected chi connectivity index (χ4v) is 2.67. The fraction of sp³-hybridized carbons (Fsp3) is 0.0714. The summed E-state index contributed by atoms with van der Waals surface area (Å²) < 4.78 is 1.70. The van der Waals surface area contributed by atoms with Crippen molar-refractivity contribution in [3.63, 3.8) is 0 Å². The fourth-order valence-electron chi connectivity index (χ4n) is 1.72. The SMILES string of the molecule is N=C(Cc1cc(Br)ccc1Cl)c1ccc(Br)cc1O. The minimum atomic E-state index is 0.0884. The Bertz CT molecular complexity index is 643. The lowest BCUT2D eigenvalue weighted by Gasteiger charge is -2.09. The molecule has 0 unspecified atom stereocenters. The van der Waals surface area contributed by atoms with Crippen molar-refractivity contribution in [2.75, 3.05) is 0 Å². The highest BCUT2D eigenvalue weighted by atomic mass is 79.9. The first-order chi connectivity index (χ1) is 8.97. The van der Waals surface area contributed by atoms with Gasteiger partial charge in [0.1, 0.15) is 5.75 Å². The van der Waals surface area contributed by atoms with Gasteiger partial charge in [-0.05, 0) is 42.0 Å². The van der Waals surface area contributed by atoms with Gasteiger partial charge in [-0.15, -0.1) is 0 Å². The molecule has 2 aromatic carbocycles. The molecule has 2 N–H and O–H groups in total. The van der Waals surface area contributed by atoms with Crippen LogP contribution in [0.25, 0.3) is 0 Å². The summed E-state index contributed by atoms with van der Waals surface area (Å²) in [6.45, 7) is 0. The van der Waals surface area contributed by atoms with E-state index in [1.807, 2.05) is 12.1 Å². The Balaban J connectivity index is 2.28. The van der Waals surface area contributed by atoms with Gasteiger partial charge >= 0.3 is 0 Å². The van der Waals surface area contributed by atoms with E-state index in [4.69, 9.17) is 17.0 Å². The van der Waals surface area contributed by atoms with Crippen molar-refractivity contribution >= 4 is 49.2 Å². The van der Waals surface area contributed by atoms with E-state index in [9.17, 15) is 5.11 Å². The lowest BCUT2D eigenvalue weighted by molar-refractivity contribution is 0.473. The quantitative estimate of drug-likeness (QED) is 0.682. The predicted molar refractivity (Wildman–Crippen MR) is 85.5 cm³/mol. The van der Waals surface area contributed by atoms with Gasteiger partial charge in [-0.25, -0.2) is 0 Å². The van der Waals surface area contributed by atoms with E-state index >= 15 is 0 Å². The number of nitrogens with one attached hydrogen (secondary N) is 1. The standard InChI is InChI=1S/C14H10Br2ClNO/c15-9-2-4-12(17)8(5-9)6-13(18)11-3-1-10(16)7-14(11)19/h1-5,7,18-19H,6H2. The Kier molecular flexibility index (Phi) is 4.66. The molecule has 0 aromatic heterocycles. The Hall–Kier alpha value is -0.840. The zero-order valence-electron chi connectivity index (χ0n) is 9.75. The zero-order chi connectivity index (χ0) is 14.0. The molecular formula is C14H10Br2ClNO. The molecule has 2 nitrogen and oxygen atoms in total. The number of hydrogen-bond acceptors (Lipinski definition) is 2.